The van der Waals surface area contributed by atoms with E-state index in [0.717, 1.165) is 0 Å². The molecule has 1 aromatic rings. The van der Waals surface area contributed by atoms with Gasteiger partial charge in [-0.15, -0.1) is 0 Å². The van der Waals surface area contributed by atoms with Gasteiger partial charge in [-0.3, -0.25) is 9.59 Å². The Morgan fingerprint density at radius 1 is 1.16 bits per heavy atom. The summed E-state index contributed by atoms with van der Waals surface area (Å²) in [4.78, 5) is 25.7. The molecule has 4 heteroatoms. The van der Waals surface area contributed by atoms with Crippen LogP contribution in [-0.2, 0) is 4.79 Å². The van der Waals surface area contributed by atoms with E-state index in [-0.39, 0.29) is 11.8 Å². The highest BCUT2D eigenvalue weighted by Gasteiger charge is 2.23. The molecule has 0 saturated heterocycles. The van der Waals surface area contributed by atoms with Gasteiger partial charge in [0, 0.05) is 19.7 Å². The van der Waals surface area contributed by atoms with Gasteiger partial charge < -0.3 is 10.2 Å². The molecule has 0 bridgehead atoms. The van der Waals surface area contributed by atoms with E-state index in [2.05, 4.69) is 5.32 Å². The molecule has 1 rings (SSSR count). The van der Waals surface area contributed by atoms with Gasteiger partial charge in [-0.05, 0) is 24.5 Å². The SMILES string of the molecule is CC(C)CC(NC(=O)c1ccccc1)C(=O)N(C)C. The van der Waals surface area contributed by atoms with Crippen molar-refractivity contribution >= 4 is 11.8 Å². The number of carbonyl (C=O) groups is 2. The average Bonchev–Trinajstić information content (AvgIpc) is 2.37. The lowest BCUT2D eigenvalue weighted by atomic mass is 10.0. The first-order chi connectivity index (χ1) is 8.91. The van der Waals surface area contributed by atoms with Gasteiger partial charge in [0.05, 0.1) is 0 Å². The number of carbonyl (C=O) groups excluding carboxylic acids is 2. The van der Waals surface area contributed by atoms with E-state index in [1.54, 1.807) is 38.4 Å². The van der Waals surface area contributed by atoms with Gasteiger partial charge in [0.25, 0.3) is 5.91 Å². The Balaban J connectivity index is 2.77. The maximum absolute atomic E-state index is 12.1. The summed E-state index contributed by atoms with van der Waals surface area (Å²) in [5.74, 6) is 0.0596. The fraction of sp³-hybridized carbons (Fsp3) is 0.467. The van der Waals surface area contributed by atoms with Gasteiger partial charge in [-0.1, -0.05) is 32.0 Å². The summed E-state index contributed by atoms with van der Waals surface area (Å²) in [6.45, 7) is 4.06. The molecule has 2 amide bonds. The largest absolute Gasteiger partial charge is 0.347 e. The molecule has 0 spiro atoms. The Morgan fingerprint density at radius 3 is 2.21 bits per heavy atom. The van der Waals surface area contributed by atoms with E-state index < -0.39 is 6.04 Å². The summed E-state index contributed by atoms with van der Waals surface area (Å²) in [6, 6.07) is 8.47. The summed E-state index contributed by atoms with van der Waals surface area (Å²) < 4.78 is 0. The number of rotatable bonds is 5. The van der Waals surface area contributed by atoms with Crippen LogP contribution in [0.1, 0.15) is 30.6 Å². The van der Waals surface area contributed by atoms with Gasteiger partial charge in [0.1, 0.15) is 6.04 Å². The molecule has 0 radical (unpaired) electrons. The Kier molecular flexibility index (Phi) is 5.55. The van der Waals surface area contributed by atoms with Crippen molar-refractivity contribution in [1.29, 1.82) is 0 Å². The first-order valence-corrected chi connectivity index (χ1v) is 6.49. The normalized spacial score (nSPS) is 12.1. The lowest BCUT2D eigenvalue weighted by Crippen LogP contribution is -2.46. The van der Waals surface area contributed by atoms with Gasteiger partial charge in [-0.25, -0.2) is 0 Å². The molecule has 0 aliphatic rings. The van der Waals surface area contributed by atoms with Crippen molar-refractivity contribution in [1.82, 2.24) is 10.2 Å². The third kappa shape index (κ3) is 4.73. The third-order valence-electron chi connectivity index (χ3n) is 2.79. The summed E-state index contributed by atoms with van der Waals surface area (Å²) in [7, 11) is 3.40. The first-order valence-electron chi connectivity index (χ1n) is 6.49. The number of hydrogen-bond acceptors (Lipinski definition) is 2. The third-order valence-corrected chi connectivity index (χ3v) is 2.79. The van der Waals surface area contributed by atoms with Crippen LogP contribution in [0.2, 0.25) is 0 Å². The number of hydrogen-bond donors (Lipinski definition) is 1. The van der Waals surface area contributed by atoms with E-state index >= 15 is 0 Å². The molecular weight excluding hydrogens is 240 g/mol. The van der Waals surface area contributed by atoms with Gasteiger partial charge >= 0.3 is 0 Å². The fourth-order valence-electron chi connectivity index (χ4n) is 1.84. The second-order valence-electron chi connectivity index (χ2n) is 5.25. The maximum Gasteiger partial charge on any atom is 0.251 e. The van der Waals surface area contributed by atoms with Crippen molar-refractivity contribution in [3.8, 4) is 0 Å². The number of nitrogens with one attached hydrogen (secondary N) is 1. The Bertz CT molecular complexity index is 427. The van der Waals surface area contributed by atoms with Gasteiger partial charge in [0.15, 0.2) is 0 Å². The average molecular weight is 262 g/mol. The van der Waals surface area contributed by atoms with E-state index in [9.17, 15) is 9.59 Å². The van der Waals surface area contributed by atoms with Crippen LogP contribution in [0.3, 0.4) is 0 Å². The van der Waals surface area contributed by atoms with Crippen molar-refractivity contribution < 1.29 is 9.59 Å². The second kappa shape index (κ2) is 6.92. The van der Waals surface area contributed by atoms with E-state index in [1.807, 2.05) is 19.9 Å². The van der Waals surface area contributed by atoms with Crippen LogP contribution in [-0.4, -0.2) is 36.9 Å². The molecule has 1 aromatic carbocycles. The van der Waals surface area contributed by atoms with Crippen LogP contribution < -0.4 is 5.32 Å². The van der Waals surface area contributed by atoms with Crippen LogP contribution in [0.5, 0.6) is 0 Å². The molecule has 0 fully saturated rings. The summed E-state index contributed by atoms with van der Waals surface area (Å²) in [5, 5.41) is 2.82. The quantitative estimate of drug-likeness (QED) is 0.881. The van der Waals surface area contributed by atoms with Gasteiger partial charge in [0.2, 0.25) is 5.91 Å². The maximum atomic E-state index is 12.1. The molecule has 1 atom stereocenters. The Morgan fingerprint density at radius 2 is 1.74 bits per heavy atom. The second-order valence-corrected chi connectivity index (χ2v) is 5.25. The summed E-state index contributed by atoms with van der Waals surface area (Å²) in [6.07, 6.45) is 0.635. The number of benzene rings is 1. The topological polar surface area (TPSA) is 49.4 Å². The van der Waals surface area contributed by atoms with Crippen LogP contribution in [0, 0.1) is 5.92 Å². The molecule has 0 heterocycles. The predicted molar refractivity (Wildman–Crippen MR) is 75.8 cm³/mol. The number of likely N-dealkylation sites (N-methyl/N-ethyl adjacent to an activating group) is 1. The molecule has 0 aliphatic heterocycles. The summed E-state index contributed by atoms with van der Waals surface area (Å²) in [5.41, 5.74) is 0.572. The highest BCUT2D eigenvalue weighted by Crippen LogP contribution is 2.08. The lowest BCUT2D eigenvalue weighted by molar-refractivity contribution is -0.131. The molecule has 0 aromatic heterocycles. The molecular formula is C15H22N2O2. The zero-order valence-corrected chi connectivity index (χ0v) is 12.0. The number of nitrogens with zero attached hydrogens (tertiary/aromatic N) is 1. The van der Waals surface area contributed by atoms with Crippen LogP contribution in [0.4, 0.5) is 0 Å². The van der Waals surface area contributed by atoms with E-state index in [1.165, 1.54) is 4.90 Å². The van der Waals surface area contributed by atoms with E-state index in [4.69, 9.17) is 0 Å². The van der Waals surface area contributed by atoms with Gasteiger partial charge in [-0.2, -0.15) is 0 Å². The highest BCUT2D eigenvalue weighted by atomic mass is 16.2. The van der Waals surface area contributed by atoms with Crippen molar-refractivity contribution in [2.75, 3.05) is 14.1 Å². The minimum Gasteiger partial charge on any atom is -0.347 e. The lowest BCUT2D eigenvalue weighted by Gasteiger charge is -2.23. The highest BCUT2D eigenvalue weighted by molar-refractivity contribution is 5.97. The fourth-order valence-corrected chi connectivity index (χ4v) is 1.84. The monoisotopic (exact) mass is 262 g/mol. The van der Waals surface area contributed by atoms with E-state index in [0.29, 0.717) is 17.9 Å². The Hall–Kier alpha value is -1.84. The van der Waals surface area contributed by atoms with Crippen LogP contribution in [0.25, 0.3) is 0 Å². The number of amides is 2. The molecule has 0 saturated carbocycles. The minimum absolute atomic E-state index is 0.0713. The first kappa shape index (κ1) is 15.2. The smallest absolute Gasteiger partial charge is 0.251 e. The minimum atomic E-state index is -0.470. The van der Waals surface area contributed by atoms with Crippen LogP contribution in [0.15, 0.2) is 30.3 Å². The van der Waals surface area contributed by atoms with Crippen molar-refractivity contribution in [2.45, 2.75) is 26.3 Å². The molecule has 1 unspecified atom stereocenters. The standard InChI is InChI=1S/C15H22N2O2/c1-11(2)10-13(15(19)17(3)4)16-14(18)12-8-6-5-7-9-12/h5-9,11,13H,10H2,1-4H3,(H,16,18). The van der Waals surface area contributed by atoms with Crippen molar-refractivity contribution in [2.24, 2.45) is 5.92 Å². The zero-order chi connectivity index (χ0) is 14.4. The molecule has 104 valence electrons. The Labute approximate surface area is 114 Å². The molecule has 0 aliphatic carbocycles. The van der Waals surface area contributed by atoms with Crippen molar-refractivity contribution in [3.05, 3.63) is 35.9 Å². The summed E-state index contributed by atoms with van der Waals surface area (Å²) >= 11 is 0. The molecule has 1 N–H and O–H groups in total. The van der Waals surface area contributed by atoms with Crippen LogP contribution >= 0.6 is 0 Å². The molecule has 19 heavy (non-hydrogen) atoms. The molecule has 4 nitrogen and oxygen atoms in total. The van der Waals surface area contributed by atoms with Crippen molar-refractivity contribution in [3.63, 3.8) is 0 Å². The predicted octanol–water partition coefficient (Wildman–Crippen LogP) is 1.92. The zero-order valence-electron chi connectivity index (χ0n) is 12.0.